The molecule has 114 valence electrons. The molecule has 0 aromatic carbocycles. The van der Waals surface area contributed by atoms with Crippen LogP contribution in [0.25, 0.3) is 0 Å². The van der Waals surface area contributed by atoms with E-state index in [1.807, 2.05) is 0 Å². The molecule has 0 saturated carbocycles. The highest BCUT2D eigenvalue weighted by molar-refractivity contribution is 4.85. The van der Waals surface area contributed by atoms with Gasteiger partial charge in [0.2, 0.25) is 0 Å². The minimum Gasteiger partial charge on any atom is -0.385 e. The number of likely N-dealkylation sites (tertiary alicyclic amines) is 1. The van der Waals surface area contributed by atoms with Gasteiger partial charge in [0.1, 0.15) is 0 Å². The summed E-state index contributed by atoms with van der Waals surface area (Å²) in [5.74, 6) is 0. The number of hydrogen-bond acceptors (Lipinski definition) is 4. The van der Waals surface area contributed by atoms with Crippen LogP contribution in [0.2, 0.25) is 0 Å². The van der Waals surface area contributed by atoms with Gasteiger partial charge in [0.15, 0.2) is 0 Å². The Kier molecular flexibility index (Phi) is 8.62. The molecular weight excluding hydrogens is 238 g/mol. The Bertz CT molecular complexity index is 221. The summed E-state index contributed by atoms with van der Waals surface area (Å²) >= 11 is 0. The fraction of sp³-hybridized carbons (Fsp3) is 1.00. The maximum Gasteiger partial charge on any atom is 0.0474 e. The van der Waals surface area contributed by atoms with Crippen LogP contribution < -0.4 is 5.32 Å². The van der Waals surface area contributed by atoms with Crippen molar-refractivity contribution < 1.29 is 4.74 Å². The molecule has 1 rings (SSSR count). The van der Waals surface area contributed by atoms with Gasteiger partial charge in [0.05, 0.1) is 0 Å². The van der Waals surface area contributed by atoms with E-state index in [2.05, 4.69) is 35.9 Å². The highest BCUT2D eigenvalue weighted by Gasteiger charge is 2.28. The van der Waals surface area contributed by atoms with Gasteiger partial charge in [0, 0.05) is 45.4 Å². The number of rotatable bonds is 10. The summed E-state index contributed by atoms with van der Waals surface area (Å²) in [6.07, 6.45) is 2.43. The maximum absolute atomic E-state index is 5.06. The molecular formula is C15H33N3O. The molecule has 0 spiro atoms. The normalized spacial score (nSPS) is 22.3. The second kappa shape index (κ2) is 9.70. The first kappa shape index (κ1) is 16.9. The summed E-state index contributed by atoms with van der Waals surface area (Å²) < 4.78 is 5.06. The lowest BCUT2D eigenvalue weighted by Gasteiger charge is -2.28. The van der Waals surface area contributed by atoms with Gasteiger partial charge in [-0.15, -0.1) is 0 Å². The molecule has 1 aliphatic rings. The van der Waals surface area contributed by atoms with Crippen LogP contribution in [-0.4, -0.2) is 74.9 Å². The molecule has 1 fully saturated rings. The van der Waals surface area contributed by atoms with Gasteiger partial charge in [-0.05, 0) is 39.4 Å². The Morgan fingerprint density at radius 1 is 1.37 bits per heavy atom. The molecule has 2 unspecified atom stereocenters. The fourth-order valence-electron chi connectivity index (χ4n) is 2.99. The van der Waals surface area contributed by atoms with Crippen molar-refractivity contribution in [3.8, 4) is 0 Å². The van der Waals surface area contributed by atoms with Gasteiger partial charge in [-0.1, -0.05) is 13.8 Å². The van der Waals surface area contributed by atoms with Crippen LogP contribution in [0.4, 0.5) is 0 Å². The molecule has 0 radical (unpaired) electrons. The van der Waals surface area contributed by atoms with Crippen LogP contribution in [0.3, 0.4) is 0 Å². The van der Waals surface area contributed by atoms with Gasteiger partial charge < -0.3 is 10.1 Å². The maximum atomic E-state index is 5.06. The largest absolute Gasteiger partial charge is 0.385 e. The summed E-state index contributed by atoms with van der Waals surface area (Å²) in [7, 11) is 1.76. The van der Waals surface area contributed by atoms with E-state index in [1.54, 1.807) is 7.11 Å². The molecule has 0 aliphatic carbocycles. The summed E-state index contributed by atoms with van der Waals surface area (Å²) in [6, 6.07) is 1.41. The molecule has 0 aromatic rings. The van der Waals surface area contributed by atoms with Crippen LogP contribution >= 0.6 is 0 Å². The van der Waals surface area contributed by atoms with Crippen molar-refractivity contribution in [1.82, 2.24) is 15.1 Å². The smallest absolute Gasteiger partial charge is 0.0474 e. The molecule has 1 heterocycles. The van der Waals surface area contributed by atoms with E-state index < -0.39 is 0 Å². The van der Waals surface area contributed by atoms with Crippen molar-refractivity contribution in [3.05, 3.63) is 0 Å². The molecule has 4 nitrogen and oxygen atoms in total. The fourth-order valence-corrected chi connectivity index (χ4v) is 2.99. The molecule has 0 amide bonds. The van der Waals surface area contributed by atoms with E-state index in [0.29, 0.717) is 6.04 Å². The Balaban J connectivity index is 2.18. The predicted octanol–water partition coefficient (Wildman–Crippen LogP) is 1.42. The number of hydrogen-bond donors (Lipinski definition) is 1. The molecule has 1 saturated heterocycles. The quantitative estimate of drug-likeness (QED) is 0.608. The van der Waals surface area contributed by atoms with E-state index in [4.69, 9.17) is 4.74 Å². The second-order valence-electron chi connectivity index (χ2n) is 5.56. The minimum atomic E-state index is 0.642. The summed E-state index contributed by atoms with van der Waals surface area (Å²) in [6.45, 7) is 14.7. The van der Waals surface area contributed by atoms with Gasteiger partial charge >= 0.3 is 0 Å². The Morgan fingerprint density at radius 3 is 2.74 bits per heavy atom. The monoisotopic (exact) mass is 271 g/mol. The summed E-state index contributed by atoms with van der Waals surface area (Å²) in [5, 5.41) is 3.53. The molecule has 1 aliphatic heterocycles. The number of likely N-dealkylation sites (N-methyl/N-ethyl adjacent to an activating group) is 1. The lowest BCUT2D eigenvalue weighted by atomic mass is 10.2. The Hall–Kier alpha value is -0.160. The van der Waals surface area contributed by atoms with Crippen LogP contribution in [-0.2, 0) is 4.74 Å². The summed E-state index contributed by atoms with van der Waals surface area (Å²) in [5.41, 5.74) is 0. The number of nitrogens with one attached hydrogen (secondary N) is 1. The van der Waals surface area contributed by atoms with E-state index in [0.717, 1.165) is 32.2 Å². The van der Waals surface area contributed by atoms with Gasteiger partial charge in [-0.25, -0.2) is 0 Å². The van der Waals surface area contributed by atoms with E-state index in [9.17, 15) is 0 Å². The van der Waals surface area contributed by atoms with E-state index in [1.165, 1.54) is 32.6 Å². The molecule has 1 N–H and O–H groups in total. The minimum absolute atomic E-state index is 0.642. The zero-order chi connectivity index (χ0) is 14.1. The molecule has 0 bridgehead atoms. The number of ether oxygens (including phenoxy) is 1. The first-order valence-corrected chi connectivity index (χ1v) is 7.90. The number of nitrogens with zero attached hydrogens (tertiary/aromatic N) is 2. The SMILES string of the molecule is CCN(CC)C1CCN(C(C)CNCCCOC)C1. The Morgan fingerprint density at radius 2 is 2.11 bits per heavy atom. The molecule has 19 heavy (non-hydrogen) atoms. The van der Waals surface area contributed by atoms with E-state index in [-0.39, 0.29) is 0 Å². The van der Waals surface area contributed by atoms with Crippen molar-refractivity contribution in [2.45, 2.75) is 45.7 Å². The molecule has 0 aromatic heterocycles. The average Bonchev–Trinajstić information content (AvgIpc) is 2.89. The second-order valence-corrected chi connectivity index (χ2v) is 5.56. The third-order valence-corrected chi connectivity index (χ3v) is 4.29. The Labute approximate surface area is 119 Å². The zero-order valence-corrected chi connectivity index (χ0v) is 13.3. The first-order chi connectivity index (χ1) is 9.22. The first-order valence-electron chi connectivity index (χ1n) is 7.90. The summed E-state index contributed by atoms with van der Waals surface area (Å²) in [4.78, 5) is 5.23. The number of methoxy groups -OCH3 is 1. The average molecular weight is 271 g/mol. The van der Waals surface area contributed by atoms with Gasteiger partial charge in [0.25, 0.3) is 0 Å². The van der Waals surface area contributed by atoms with Crippen molar-refractivity contribution in [2.75, 3.05) is 53.0 Å². The van der Waals surface area contributed by atoms with Crippen molar-refractivity contribution >= 4 is 0 Å². The molecule has 2 atom stereocenters. The predicted molar refractivity (Wildman–Crippen MR) is 81.7 cm³/mol. The van der Waals surface area contributed by atoms with Crippen LogP contribution in [0.15, 0.2) is 0 Å². The third kappa shape index (κ3) is 5.78. The van der Waals surface area contributed by atoms with Gasteiger partial charge in [-0.3, -0.25) is 9.80 Å². The van der Waals surface area contributed by atoms with Gasteiger partial charge in [-0.2, -0.15) is 0 Å². The van der Waals surface area contributed by atoms with Crippen LogP contribution in [0.1, 0.15) is 33.6 Å². The highest BCUT2D eigenvalue weighted by Crippen LogP contribution is 2.17. The van der Waals surface area contributed by atoms with E-state index >= 15 is 0 Å². The highest BCUT2D eigenvalue weighted by atomic mass is 16.5. The zero-order valence-electron chi connectivity index (χ0n) is 13.3. The lowest BCUT2D eigenvalue weighted by Crippen LogP contribution is -2.42. The van der Waals surface area contributed by atoms with Crippen LogP contribution in [0, 0.1) is 0 Å². The topological polar surface area (TPSA) is 27.7 Å². The standard InChI is InChI=1S/C15H33N3O/c1-5-17(6-2)15-8-10-18(13-15)14(3)12-16-9-7-11-19-4/h14-16H,5-13H2,1-4H3. The van der Waals surface area contributed by atoms with Crippen LogP contribution in [0.5, 0.6) is 0 Å². The van der Waals surface area contributed by atoms with Crippen molar-refractivity contribution in [1.29, 1.82) is 0 Å². The lowest BCUT2D eigenvalue weighted by molar-refractivity contribution is 0.184. The van der Waals surface area contributed by atoms with Crippen molar-refractivity contribution in [2.24, 2.45) is 0 Å². The van der Waals surface area contributed by atoms with Crippen molar-refractivity contribution in [3.63, 3.8) is 0 Å². The molecule has 4 heteroatoms. The third-order valence-electron chi connectivity index (χ3n) is 4.29.